The maximum absolute atomic E-state index is 12.7. The van der Waals surface area contributed by atoms with E-state index in [4.69, 9.17) is 14.7 Å². The van der Waals surface area contributed by atoms with Crippen molar-refractivity contribution in [3.63, 3.8) is 0 Å². The lowest BCUT2D eigenvalue weighted by Crippen LogP contribution is -2.37. The normalized spacial score (nSPS) is 16.5. The van der Waals surface area contributed by atoms with Crippen molar-refractivity contribution in [2.75, 3.05) is 52.7 Å². The van der Waals surface area contributed by atoms with Gasteiger partial charge in [0, 0.05) is 24.8 Å². The zero-order valence-electron chi connectivity index (χ0n) is 20.6. The number of pyridine rings is 1. The molecule has 2 aliphatic heterocycles. The van der Waals surface area contributed by atoms with Crippen molar-refractivity contribution in [3.8, 4) is 11.4 Å². The molecule has 0 bridgehead atoms. The number of hydrogen-bond acceptors (Lipinski definition) is 9. The SMILES string of the molecule is O=C(Nc1cccnc1)N(I)c1ccc(-c2nc(N3CCOCC3)c3nnn(C4CCNCC4)c3n2)cc1. The van der Waals surface area contributed by atoms with Crippen LogP contribution in [-0.4, -0.2) is 75.4 Å². The van der Waals surface area contributed by atoms with Crippen LogP contribution in [0.2, 0.25) is 0 Å². The summed E-state index contributed by atoms with van der Waals surface area (Å²) in [6.45, 7) is 4.65. The molecule has 2 saturated heterocycles. The van der Waals surface area contributed by atoms with Gasteiger partial charge in [0.25, 0.3) is 0 Å². The number of morpholine rings is 1. The van der Waals surface area contributed by atoms with Gasteiger partial charge >= 0.3 is 6.03 Å². The number of ether oxygens (including phenoxy) is 1. The lowest BCUT2D eigenvalue weighted by Gasteiger charge is -2.28. The van der Waals surface area contributed by atoms with E-state index in [-0.39, 0.29) is 12.1 Å². The number of rotatable bonds is 5. The second kappa shape index (κ2) is 11.1. The minimum atomic E-state index is -0.268. The second-order valence-corrected chi connectivity index (χ2v) is 10.1. The van der Waals surface area contributed by atoms with Crippen LogP contribution >= 0.6 is 22.9 Å². The number of piperidine rings is 1. The lowest BCUT2D eigenvalue weighted by atomic mass is 10.1. The third kappa shape index (κ3) is 5.13. The van der Waals surface area contributed by atoms with E-state index in [9.17, 15) is 4.79 Å². The summed E-state index contributed by atoms with van der Waals surface area (Å²) in [5, 5.41) is 15.3. The molecule has 4 aromatic rings. The molecule has 38 heavy (non-hydrogen) atoms. The Morgan fingerprint density at radius 2 is 1.89 bits per heavy atom. The minimum Gasteiger partial charge on any atom is -0.378 e. The molecule has 2 fully saturated rings. The van der Waals surface area contributed by atoms with Crippen molar-refractivity contribution in [3.05, 3.63) is 48.8 Å². The van der Waals surface area contributed by atoms with Crippen LogP contribution in [0.25, 0.3) is 22.6 Å². The summed E-state index contributed by atoms with van der Waals surface area (Å²) < 4.78 is 9.06. The average Bonchev–Trinajstić information content (AvgIpc) is 3.42. The van der Waals surface area contributed by atoms with Gasteiger partial charge < -0.3 is 20.3 Å². The largest absolute Gasteiger partial charge is 0.378 e. The van der Waals surface area contributed by atoms with Crippen LogP contribution in [0, 0.1) is 0 Å². The van der Waals surface area contributed by atoms with Crippen LogP contribution in [0.15, 0.2) is 48.8 Å². The molecule has 2 aliphatic rings. The number of benzene rings is 1. The molecule has 196 valence electrons. The molecule has 12 nitrogen and oxygen atoms in total. The minimum absolute atomic E-state index is 0.245. The Morgan fingerprint density at radius 3 is 2.63 bits per heavy atom. The molecule has 0 unspecified atom stereocenters. The topological polar surface area (TPSA) is 126 Å². The number of fused-ring (bicyclic) bond motifs is 1. The maximum atomic E-state index is 12.7. The average molecular weight is 626 g/mol. The number of amides is 2. The molecule has 0 spiro atoms. The first-order chi connectivity index (χ1) is 18.7. The summed E-state index contributed by atoms with van der Waals surface area (Å²) in [4.78, 5) is 28.8. The van der Waals surface area contributed by atoms with Gasteiger partial charge in [0.15, 0.2) is 22.8 Å². The third-order valence-electron chi connectivity index (χ3n) is 6.71. The highest BCUT2D eigenvalue weighted by Gasteiger charge is 2.25. The van der Waals surface area contributed by atoms with Gasteiger partial charge in [0.2, 0.25) is 0 Å². The molecule has 0 radical (unpaired) electrons. The highest BCUT2D eigenvalue weighted by Crippen LogP contribution is 2.31. The molecule has 0 atom stereocenters. The number of urea groups is 1. The molecule has 6 rings (SSSR count). The number of anilines is 3. The van der Waals surface area contributed by atoms with Crippen molar-refractivity contribution in [2.45, 2.75) is 18.9 Å². The van der Waals surface area contributed by atoms with Crippen LogP contribution in [0.4, 0.5) is 22.0 Å². The molecule has 0 aliphatic carbocycles. The Bertz CT molecular complexity index is 1400. The molecule has 13 heteroatoms. The van der Waals surface area contributed by atoms with Crippen LogP contribution < -0.4 is 18.6 Å². The van der Waals surface area contributed by atoms with Gasteiger partial charge in [-0.3, -0.25) is 4.98 Å². The van der Waals surface area contributed by atoms with E-state index in [2.05, 4.69) is 30.8 Å². The van der Waals surface area contributed by atoms with E-state index in [1.54, 1.807) is 24.5 Å². The van der Waals surface area contributed by atoms with Crippen molar-refractivity contribution in [1.82, 2.24) is 35.3 Å². The van der Waals surface area contributed by atoms with E-state index < -0.39 is 0 Å². The van der Waals surface area contributed by atoms with E-state index in [1.807, 2.05) is 51.8 Å². The van der Waals surface area contributed by atoms with Gasteiger partial charge in [0.05, 0.1) is 59.7 Å². The molecule has 5 heterocycles. The van der Waals surface area contributed by atoms with Gasteiger partial charge in [-0.15, -0.1) is 5.10 Å². The number of halogens is 1. The quantitative estimate of drug-likeness (QED) is 0.253. The van der Waals surface area contributed by atoms with E-state index in [1.165, 1.54) is 3.11 Å². The Balaban J connectivity index is 1.32. The van der Waals surface area contributed by atoms with Crippen LogP contribution in [0.1, 0.15) is 18.9 Å². The molecule has 1 aromatic carbocycles. The predicted octanol–water partition coefficient (Wildman–Crippen LogP) is 3.43. The third-order valence-corrected chi connectivity index (χ3v) is 7.71. The van der Waals surface area contributed by atoms with Crippen LogP contribution in [0.3, 0.4) is 0 Å². The molecular weight excluding hydrogens is 599 g/mol. The van der Waals surface area contributed by atoms with Gasteiger partial charge in [-0.1, -0.05) is 5.21 Å². The summed E-state index contributed by atoms with van der Waals surface area (Å²) in [7, 11) is 0. The Hall–Kier alpha value is -3.43. The summed E-state index contributed by atoms with van der Waals surface area (Å²) in [5.41, 5.74) is 3.68. The smallest absolute Gasteiger partial charge is 0.335 e. The first kappa shape index (κ1) is 24.9. The molecule has 2 amide bonds. The van der Waals surface area contributed by atoms with Crippen LogP contribution in [-0.2, 0) is 4.74 Å². The number of carbonyl (C=O) groups is 1. The Kier molecular flexibility index (Phi) is 7.29. The van der Waals surface area contributed by atoms with Gasteiger partial charge in [0.1, 0.15) is 0 Å². The second-order valence-electron chi connectivity index (χ2n) is 9.16. The highest BCUT2D eigenvalue weighted by molar-refractivity contribution is 14.1. The first-order valence-corrected chi connectivity index (χ1v) is 13.6. The summed E-state index contributed by atoms with van der Waals surface area (Å²) in [6.07, 6.45) is 5.22. The summed E-state index contributed by atoms with van der Waals surface area (Å²) in [5.74, 6) is 1.38. The van der Waals surface area contributed by atoms with Crippen LogP contribution in [0.5, 0.6) is 0 Å². The standard InChI is InChI=1S/C25H27IN10O2/c26-35(25(37)29-18-2-1-9-28-16-18)19-5-3-17(4-6-19)22-30-23(34-12-14-38-15-13-34)21-24(31-22)36(33-32-21)20-7-10-27-11-8-20/h1-6,9,16,20,27H,7-8,10-15H2,(H,29,37). The van der Waals surface area contributed by atoms with Crippen molar-refractivity contribution in [2.24, 2.45) is 0 Å². The molecule has 2 N–H and O–H groups in total. The fourth-order valence-electron chi connectivity index (χ4n) is 4.71. The molecule has 0 saturated carbocycles. The molecular formula is C25H27IN10O2. The number of carbonyl (C=O) groups excluding carboxylic acids is 1. The Labute approximate surface area is 233 Å². The zero-order chi connectivity index (χ0) is 25.9. The number of aromatic nitrogens is 6. The summed E-state index contributed by atoms with van der Waals surface area (Å²) in [6, 6.07) is 11.2. The predicted molar refractivity (Wildman–Crippen MR) is 152 cm³/mol. The number of hydrogen-bond donors (Lipinski definition) is 2. The van der Waals surface area contributed by atoms with Crippen molar-refractivity contribution >= 4 is 57.3 Å². The number of nitrogens with one attached hydrogen (secondary N) is 2. The summed E-state index contributed by atoms with van der Waals surface area (Å²) >= 11 is 1.99. The molecule has 3 aromatic heterocycles. The maximum Gasteiger partial charge on any atom is 0.335 e. The monoisotopic (exact) mass is 626 g/mol. The van der Waals surface area contributed by atoms with E-state index in [0.29, 0.717) is 24.7 Å². The van der Waals surface area contributed by atoms with Crippen molar-refractivity contribution < 1.29 is 9.53 Å². The van der Waals surface area contributed by atoms with E-state index in [0.717, 1.165) is 67.3 Å². The zero-order valence-corrected chi connectivity index (χ0v) is 22.8. The lowest BCUT2D eigenvalue weighted by molar-refractivity contribution is 0.122. The number of nitrogens with zero attached hydrogens (tertiary/aromatic N) is 8. The highest BCUT2D eigenvalue weighted by atomic mass is 127. The fourth-order valence-corrected chi connectivity index (χ4v) is 5.15. The first-order valence-electron chi connectivity index (χ1n) is 12.6. The fraction of sp³-hybridized carbons (Fsp3) is 0.360. The van der Waals surface area contributed by atoms with Gasteiger partial charge in [-0.05, 0) is 62.3 Å². The van der Waals surface area contributed by atoms with Gasteiger partial charge in [-0.2, -0.15) is 0 Å². The van der Waals surface area contributed by atoms with Crippen molar-refractivity contribution in [1.29, 1.82) is 0 Å². The Morgan fingerprint density at radius 1 is 1.11 bits per heavy atom. The van der Waals surface area contributed by atoms with Gasteiger partial charge in [-0.25, -0.2) is 22.6 Å². The van der Waals surface area contributed by atoms with E-state index >= 15 is 0 Å².